The van der Waals surface area contributed by atoms with Crippen molar-refractivity contribution in [3.8, 4) is 0 Å². The zero-order valence-electron chi connectivity index (χ0n) is 11.1. The molecule has 2 nitrogen and oxygen atoms in total. The zero-order valence-corrected chi connectivity index (χ0v) is 11.9. The smallest absolute Gasteiger partial charge is 0.124 e. The Bertz CT molecular complexity index is 347. The molecule has 0 bridgehead atoms. The highest BCUT2D eigenvalue weighted by atomic mass is 32.2. The molecule has 18 heavy (non-hydrogen) atoms. The SMILES string of the molecule is CCC(CO)(CCCSc1cccc(F)c1)NC. The van der Waals surface area contributed by atoms with E-state index < -0.39 is 0 Å². The van der Waals surface area contributed by atoms with Crippen LogP contribution in [0.25, 0.3) is 0 Å². The molecule has 1 rings (SSSR count). The summed E-state index contributed by atoms with van der Waals surface area (Å²) >= 11 is 1.66. The second kappa shape index (κ2) is 7.77. The van der Waals surface area contributed by atoms with Gasteiger partial charge in [0.2, 0.25) is 0 Å². The van der Waals surface area contributed by atoms with Crippen molar-refractivity contribution in [3.63, 3.8) is 0 Å². The zero-order chi connectivity index (χ0) is 13.4. The van der Waals surface area contributed by atoms with Gasteiger partial charge in [0.25, 0.3) is 0 Å². The van der Waals surface area contributed by atoms with Crippen LogP contribution in [-0.2, 0) is 0 Å². The largest absolute Gasteiger partial charge is 0.394 e. The summed E-state index contributed by atoms with van der Waals surface area (Å²) < 4.78 is 13.0. The molecule has 102 valence electrons. The summed E-state index contributed by atoms with van der Waals surface area (Å²) in [6.07, 6.45) is 2.83. The fourth-order valence-corrected chi connectivity index (χ4v) is 2.80. The molecular weight excluding hydrogens is 249 g/mol. The summed E-state index contributed by atoms with van der Waals surface area (Å²) in [4.78, 5) is 0.963. The number of hydrogen-bond acceptors (Lipinski definition) is 3. The fraction of sp³-hybridized carbons (Fsp3) is 0.571. The molecule has 0 aromatic heterocycles. The van der Waals surface area contributed by atoms with Gasteiger partial charge in [-0.1, -0.05) is 13.0 Å². The topological polar surface area (TPSA) is 32.3 Å². The molecule has 1 unspecified atom stereocenters. The van der Waals surface area contributed by atoms with Crippen LogP contribution in [0.1, 0.15) is 26.2 Å². The second-order valence-corrected chi connectivity index (χ2v) is 5.62. The van der Waals surface area contributed by atoms with Crippen molar-refractivity contribution < 1.29 is 9.50 Å². The molecule has 1 aromatic carbocycles. The van der Waals surface area contributed by atoms with Gasteiger partial charge in [0.1, 0.15) is 5.82 Å². The first-order valence-electron chi connectivity index (χ1n) is 6.34. The van der Waals surface area contributed by atoms with Gasteiger partial charge < -0.3 is 10.4 Å². The fourth-order valence-electron chi connectivity index (χ4n) is 1.91. The Balaban J connectivity index is 2.34. The van der Waals surface area contributed by atoms with Gasteiger partial charge in [-0.25, -0.2) is 4.39 Å². The quantitative estimate of drug-likeness (QED) is 0.563. The molecule has 0 heterocycles. The Hall–Kier alpha value is -0.580. The molecule has 0 fully saturated rings. The van der Waals surface area contributed by atoms with E-state index in [1.807, 2.05) is 13.1 Å². The lowest BCUT2D eigenvalue weighted by Crippen LogP contribution is -2.45. The third-order valence-corrected chi connectivity index (χ3v) is 4.45. The van der Waals surface area contributed by atoms with Gasteiger partial charge >= 0.3 is 0 Å². The van der Waals surface area contributed by atoms with E-state index in [2.05, 4.69) is 12.2 Å². The van der Waals surface area contributed by atoms with Crippen molar-refractivity contribution in [1.29, 1.82) is 0 Å². The maximum Gasteiger partial charge on any atom is 0.124 e. The number of hydrogen-bond donors (Lipinski definition) is 2. The summed E-state index contributed by atoms with van der Waals surface area (Å²) in [6.45, 7) is 2.23. The van der Waals surface area contributed by atoms with Crippen LogP contribution < -0.4 is 5.32 Å². The normalized spacial score (nSPS) is 14.4. The molecule has 0 amide bonds. The highest BCUT2D eigenvalue weighted by Crippen LogP contribution is 2.23. The summed E-state index contributed by atoms with van der Waals surface area (Å²) in [7, 11) is 1.89. The van der Waals surface area contributed by atoms with Gasteiger partial charge in [0.15, 0.2) is 0 Å². The van der Waals surface area contributed by atoms with Gasteiger partial charge in [-0.15, -0.1) is 11.8 Å². The van der Waals surface area contributed by atoms with Crippen molar-refractivity contribution in [3.05, 3.63) is 30.1 Å². The van der Waals surface area contributed by atoms with Crippen molar-refractivity contribution in [2.45, 2.75) is 36.6 Å². The molecule has 1 atom stereocenters. The maximum absolute atomic E-state index is 13.0. The van der Waals surface area contributed by atoms with Crippen LogP contribution in [0, 0.1) is 5.82 Å². The third-order valence-electron chi connectivity index (χ3n) is 3.37. The number of aliphatic hydroxyl groups is 1. The number of benzene rings is 1. The standard InChI is InChI=1S/C14H22FNOS/c1-3-14(11-17,16-2)8-5-9-18-13-7-4-6-12(15)10-13/h4,6-7,10,16-17H,3,5,8-9,11H2,1-2H3. The minimum atomic E-state index is -0.187. The summed E-state index contributed by atoms with van der Waals surface area (Å²) in [6, 6.07) is 6.67. The lowest BCUT2D eigenvalue weighted by atomic mass is 9.92. The second-order valence-electron chi connectivity index (χ2n) is 4.45. The lowest BCUT2D eigenvalue weighted by Gasteiger charge is -2.30. The predicted octanol–water partition coefficient (Wildman–Crippen LogP) is 3.06. The van der Waals surface area contributed by atoms with Crippen molar-refractivity contribution in [1.82, 2.24) is 5.32 Å². The Labute approximate surface area is 113 Å². The van der Waals surface area contributed by atoms with E-state index in [0.717, 1.165) is 29.9 Å². The average Bonchev–Trinajstić information content (AvgIpc) is 2.40. The van der Waals surface area contributed by atoms with Crippen LogP contribution in [0.4, 0.5) is 4.39 Å². The van der Waals surface area contributed by atoms with E-state index in [0.29, 0.717) is 0 Å². The Morgan fingerprint density at radius 3 is 2.78 bits per heavy atom. The molecule has 0 saturated carbocycles. The number of halogens is 1. The van der Waals surface area contributed by atoms with E-state index in [4.69, 9.17) is 0 Å². The average molecular weight is 271 g/mol. The van der Waals surface area contributed by atoms with Crippen molar-refractivity contribution >= 4 is 11.8 Å². The van der Waals surface area contributed by atoms with Gasteiger partial charge in [-0.05, 0) is 50.3 Å². The molecule has 0 saturated heterocycles. The first-order valence-corrected chi connectivity index (χ1v) is 7.32. The van der Waals surface area contributed by atoms with Crippen LogP contribution in [0.2, 0.25) is 0 Å². The molecule has 0 radical (unpaired) electrons. The molecule has 0 aliphatic heterocycles. The van der Waals surface area contributed by atoms with E-state index in [1.165, 1.54) is 6.07 Å². The van der Waals surface area contributed by atoms with Crippen LogP contribution in [0.15, 0.2) is 29.2 Å². The predicted molar refractivity (Wildman–Crippen MR) is 75.5 cm³/mol. The molecule has 1 aromatic rings. The monoisotopic (exact) mass is 271 g/mol. The van der Waals surface area contributed by atoms with Gasteiger partial charge in [-0.2, -0.15) is 0 Å². The van der Waals surface area contributed by atoms with Crippen molar-refractivity contribution in [2.24, 2.45) is 0 Å². The van der Waals surface area contributed by atoms with Crippen LogP contribution in [0.5, 0.6) is 0 Å². The van der Waals surface area contributed by atoms with Gasteiger partial charge in [0, 0.05) is 10.4 Å². The third kappa shape index (κ3) is 4.59. The highest BCUT2D eigenvalue weighted by Gasteiger charge is 2.23. The Morgan fingerprint density at radius 2 is 2.22 bits per heavy atom. The maximum atomic E-state index is 13.0. The Kier molecular flexibility index (Phi) is 6.68. The molecule has 0 aliphatic rings. The number of rotatable bonds is 8. The van der Waals surface area contributed by atoms with Crippen LogP contribution in [-0.4, -0.2) is 30.1 Å². The number of aliphatic hydroxyl groups excluding tert-OH is 1. The molecule has 4 heteroatoms. The van der Waals surface area contributed by atoms with E-state index >= 15 is 0 Å². The van der Waals surface area contributed by atoms with Crippen molar-refractivity contribution in [2.75, 3.05) is 19.4 Å². The highest BCUT2D eigenvalue weighted by molar-refractivity contribution is 7.99. The number of likely N-dealkylation sites (N-methyl/N-ethyl adjacent to an activating group) is 1. The molecule has 0 aliphatic carbocycles. The lowest BCUT2D eigenvalue weighted by molar-refractivity contribution is 0.154. The minimum absolute atomic E-state index is 0.157. The van der Waals surface area contributed by atoms with Gasteiger partial charge in [-0.3, -0.25) is 0 Å². The summed E-state index contributed by atoms with van der Waals surface area (Å²) in [5, 5.41) is 12.6. The number of thioether (sulfide) groups is 1. The minimum Gasteiger partial charge on any atom is -0.394 e. The van der Waals surface area contributed by atoms with E-state index in [9.17, 15) is 9.50 Å². The molecule has 0 spiro atoms. The first kappa shape index (κ1) is 15.5. The molecule has 2 N–H and O–H groups in total. The molecular formula is C14H22FNOS. The Morgan fingerprint density at radius 1 is 1.44 bits per heavy atom. The summed E-state index contributed by atoms with van der Waals surface area (Å²) in [5.41, 5.74) is -0.164. The van der Waals surface area contributed by atoms with Gasteiger partial charge in [0.05, 0.1) is 6.61 Å². The number of nitrogens with one attached hydrogen (secondary N) is 1. The summed E-state index contributed by atoms with van der Waals surface area (Å²) in [5.74, 6) is 0.751. The first-order chi connectivity index (χ1) is 8.65. The van der Waals surface area contributed by atoms with Crippen LogP contribution >= 0.6 is 11.8 Å². The van der Waals surface area contributed by atoms with E-state index in [-0.39, 0.29) is 18.0 Å². The van der Waals surface area contributed by atoms with E-state index in [1.54, 1.807) is 23.9 Å². The van der Waals surface area contributed by atoms with Crippen LogP contribution in [0.3, 0.4) is 0 Å².